The third kappa shape index (κ3) is 1.67. The van der Waals surface area contributed by atoms with Gasteiger partial charge in [0.05, 0.1) is 5.02 Å². The summed E-state index contributed by atoms with van der Waals surface area (Å²) in [6.45, 7) is 5.47. The Morgan fingerprint density at radius 2 is 2.25 bits per heavy atom. The zero-order valence-corrected chi connectivity index (χ0v) is 7.61. The van der Waals surface area contributed by atoms with Crippen molar-refractivity contribution in [1.82, 2.24) is 0 Å². The fourth-order valence-electron chi connectivity index (χ4n) is 0.999. The number of allylic oxidation sites excluding steroid dienone is 1. The molecule has 0 aliphatic carbocycles. The minimum atomic E-state index is -0.341. The SMILES string of the molecule is C=CC(C)c1cccc(Cl)c1F. The molecule has 0 aliphatic heterocycles. The van der Waals surface area contributed by atoms with Gasteiger partial charge in [0.25, 0.3) is 0 Å². The summed E-state index contributed by atoms with van der Waals surface area (Å²) in [5, 5.41) is 0.168. The van der Waals surface area contributed by atoms with Crippen LogP contribution < -0.4 is 0 Å². The van der Waals surface area contributed by atoms with Gasteiger partial charge in [-0.25, -0.2) is 4.39 Å². The van der Waals surface area contributed by atoms with E-state index in [0.29, 0.717) is 5.56 Å². The highest BCUT2D eigenvalue weighted by molar-refractivity contribution is 6.30. The molecule has 0 spiro atoms. The number of halogens is 2. The van der Waals surface area contributed by atoms with E-state index < -0.39 is 0 Å². The quantitative estimate of drug-likeness (QED) is 0.614. The third-order valence-corrected chi connectivity index (χ3v) is 2.12. The van der Waals surface area contributed by atoms with Gasteiger partial charge in [-0.2, -0.15) is 0 Å². The van der Waals surface area contributed by atoms with Crippen LogP contribution >= 0.6 is 11.6 Å². The molecule has 1 aromatic carbocycles. The van der Waals surface area contributed by atoms with Crippen LogP contribution in [0, 0.1) is 5.82 Å². The molecule has 2 heteroatoms. The van der Waals surface area contributed by atoms with Crippen molar-refractivity contribution in [2.45, 2.75) is 12.8 Å². The maximum Gasteiger partial charge on any atom is 0.145 e. The standard InChI is InChI=1S/C10H10ClF/c1-3-7(2)8-5-4-6-9(11)10(8)12/h3-7H,1H2,2H3. The van der Waals surface area contributed by atoms with E-state index in [1.807, 2.05) is 6.92 Å². The molecule has 0 aliphatic rings. The third-order valence-electron chi connectivity index (χ3n) is 1.83. The van der Waals surface area contributed by atoms with E-state index in [1.54, 1.807) is 18.2 Å². The lowest BCUT2D eigenvalue weighted by molar-refractivity contribution is 0.606. The highest BCUT2D eigenvalue weighted by Crippen LogP contribution is 2.24. The Kier molecular flexibility index (Phi) is 2.88. The second-order valence-electron chi connectivity index (χ2n) is 2.67. The summed E-state index contributed by atoms with van der Waals surface area (Å²) in [6.07, 6.45) is 1.69. The highest BCUT2D eigenvalue weighted by Gasteiger charge is 2.09. The van der Waals surface area contributed by atoms with Gasteiger partial charge in [0, 0.05) is 5.92 Å². The van der Waals surface area contributed by atoms with Crippen molar-refractivity contribution in [1.29, 1.82) is 0 Å². The van der Waals surface area contributed by atoms with Gasteiger partial charge in [0.15, 0.2) is 0 Å². The summed E-state index contributed by atoms with van der Waals surface area (Å²) in [5.74, 6) is -0.338. The summed E-state index contributed by atoms with van der Waals surface area (Å²) in [6, 6.07) is 4.99. The van der Waals surface area contributed by atoms with Gasteiger partial charge >= 0.3 is 0 Å². The molecular formula is C10H10ClF. The summed E-state index contributed by atoms with van der Waals surface area (Å²) in [4.78, 5) is 0. The van der Waals surface area contributed by atoms with Crippen LogP contribution in [-0.2, 0) is 0 Å². The van der Waals surface area contributed by atoms with Crippen LogP contribution in [0.4, 0.5) is 4.39 Å². The second-order valence-corrected chi connectivity index (χ2v) is 3.07. The van der Waals surface area contributed by atoms with Gasteiger partial charge in [-0.05, 0) is 11.6 Å². The molecule has 12 heavy (non-hydrogen) atoms. The van der Waals surface area contributed by atoms with Gasteiger partial charge in [-0.15, -0.1) is 6.58 Å². The maximum atomic E-state index is 13.3. The lowest BCUT2D eigenvalue weighted by Gasteiger charge is -2.07. The molecule has 1 aromatic rings. The predicted octanol–water partition coefficient (Wildman–Crippen LogP) is 3.77. The van der Waals surface area contributed by atoms with Crippen molar-refractivity contribution in [3.05, 3.63) is 47.3 Å². The molecular weight excluding hydrogens is 175 g/mol. The van der Waals surface area contributed by atoms with Crippen molar-refractivity contribution in [2.75, 3.05) is 0 Å². The van der Waals surface area contributed by atoms with Crippen LogP contribution in [0.15, 0.2) is 30.9 Å². The van der Waals surface area contributed by atoms with E-state index >= 15 is 0 Å². The molecule has 1 rings (SSSR count). The molecule has 0 amide bonds. The number of benzene rings is 1. The molecule has 0 radical (unpaired) electrons. The van der Waals surface area contributed by atoms with Crippen molar-refractivity contribution in [2.24, 2.45) is 0 Å². The Bertz CT molecular complexity index is 294. The molecule has 0 saturated heterocycles. The molecule has 64 valence electrons. The summed E-state index contributed by atoms with van der Waals surface area (Å²) < 4.78 is 13.3. The van der Waals surface area contributed by atoms with Crippen LogP contribution in [0.3, 0.4) is 0 Å². The average Bonchev–Trinajstić information content (AvgIpc) is 2.08. The first kappa shape index (κ1) is 9.27. The fraction of sp³-hybridized carbons (Fsp3) is 0.200. The Morgan fingerprint density at radius 1 is 1.58 bits per heavy atom. The fourth-order valence-corrected chi connectivity index (χ4v) is 1.18. The Hall–Kier alpha value is -0.820. The van der Waals surface area contributed by atoms with Crippen molar-refractivity contribution < 1.29 is 4.39 Å². The van der Waals surface area contributed by atoms with Crippen LogP contribution in [-0.4, -0.2) is 0 Å². The zero-order valence-electron chi connectivity index (χ0n) is 6.85. The first-order valence-electron chi connectivity index (χ1n) is 3.73. The van der Waals surface area contributed by atoms with Gasteiger partial charge in [0.2, 0.25) is 0 Å². The van der Waals surface area contributed by atoms with E-state index in [4.69, 9.17) is 11.6 Å². The van der Waals surface area contributed by atoms with Gasteiger partial charge in [-0.3, -0.25) is 0 Å². The van der Waals surface area contributed by atoms with Crippen LogP contribution in [0.25, 0.3) is 0 Å². The summed E-state index contributed by atoms with van der Waals surface area (Å²) >= 11 is 5.61. The Morgan fingerprint density at radius 3 is 2.83 bits per heavy atom. The zero-order chi connectivity index (χ0) is 9.14. The van der Waals surface area contributed by atoms with Crippen LogP contribution in [0.2, 0.25) is 5.02 Å². The number of hydrogen-bond acceptors (Lipinski definition) is 0. The highest BCUT2D eigenvalue weighted by atomic mass is 35.5. The molecule has 0 heterocycles. The Labute approximate surface area is 76.7 Å². The molecule has 0 aromatic heterocycles. The largest absolute Gasteiger partial charge is 0.205 e. The smallest absolute Gasteiger partial charge is 0.145 e. The summed E-state index contributed by atoms with van der Waals surface area (Å²) in [7, 11) is 0. The number of rotatable bonds is 2. The van der Waals surface area contributed by atoms with E-state index in [0.717, 1.165) is 0 Å². The minimum Gasteiger partial charge on any atom is -0.205 e. The van der Waals surface area contributed by atoms with Crippen LogP contribution in [0.5, 0.6) is 0 Å². The van der Waals surface area contributed by atoms with Gasteiger partial charge in [-0.1, -0.05) is 36.7 Å². The topological polar surface area (TPSA) is 0 Å². The molecule has 0 N–H and O–H groups in total. The second kappa shape index (κ2) is 3.72. The molecule has 0 fully saturated rings. The van der Waals surface area contributed by atoms with E-state index in [9.17, 15) is 4.39 Å². The monoisotopic (exact) mass is 184 g/mol. The molecule has 0 saturated carbocycles. The van der Waals surface area contributed by atoms with Crippen LogP contribution in [0.1, 0.15) is 18.4 Å². The van der Waals surface area contributed by atoms with E-state index in [-0.39, 0.29) is 16.8 Å². The predicted molar refractivity (Wildman–Crippen MR) is 50.0 cm³/mol. The van der Waals surface area contributed by atoms with Gasteiger partial charge < -0.3 is 0 Å². The normalized spacial score (nSPS) is 12.6. The lowest BCUT2D eigenvalue weighted by Crippen LogP contribution is -1.93. The van der Waals surface area contributed by atoms with E-state index in [1.165, 1.54) is 6.07 Å². The molecule has 1 atom stereocenters. The molecule has 0 nitrogen and oxygen atoms in total. The molecule has 0 bridgehead atoms. The van der Waals surface area contributed by atoms with Gasteiger partial charge in [0.1, 0.15) is 5.82 Å². The first-order valence-corrected chi connectivity index (χ1v) is 4.11. The minimum absolute atomic E-state index is 0.00343. The van der Waals surface area contributed by atoms with Crippen molar-refractivity contribution in [3.63, 3.8) is 0 Å². The maximum absolute atomic E-state index is 13.3. The van der Waals surface area contributed by atoms with E-state index in [2.05, 4.69) is 6.58 Å². The number of hydrogen-bond donors (Lipinski definition) is 0. The van der Waals surface area contributed by atoms with Crippen molar-refractivity contribution in [3.8, 4) is 0 Å². The summed E-state index contributed by atoms with van der Waals surface area (Å²) in [5.41, 5.74) is 0.595. The first-order chi connectivity index (χ1) is 5.66. The average molecular weight is 185 g/mol. The molecule has 1 unspecified atom stereocenters. The van der Waals surface area contributed by atoms with Crippen molar-refractivity contribution >= 4 is 11.6 Å². The Balaban J connectivity index is 3.15. The lowest BCUT2D eigenvalue weighted by atomic mass is 10.0.